The Balaban J connectivity index is 3.01. The number of ether oxygens (including phenoxy) is 2. The minimum absolute atomic E-state index is 0.142. The average Bonchev–Trinajstić information content (AvgIpc) is 2.08. The van der Waals surface area contributed by atoms with Gasteiger partial charge in [-0.1, -0.05) is 6.58 Å². The molecule has 1 aromatic carbocycles. The van der Waals surface area contributed by atoms with E-state index in [-0.39, 0.29) is 5.75 Å². The van der Waals surface area contributed by atoms with Crippen LogP contribution in [0.4, 0.5) is 0 Å². The minimum Gasteiger partial charge on any atom is -0.508 e. The van der Waals surface area contributed by atoms with E-state index in [1.807, 2.05) is 0 Å². The van der Waals surface area contributed by atoms with Crippen molar-refractivity contribution in [1.82, 2.24) is 0 Å². The molecule has 0 unspecified atom stereocenters. The predicted molar refractivity (Wildman–Crippen MR) is 45.5 cm³/mol. The zero-order valence-electron chi connectivity index (χ0n) is 6.78. The summed E-state index contributed by atoms with van der Waals surface area (Å²) in [5.74, 6) is 1.16. The number of phenols is 1. The second-order valence-electron chi connectivity index (χ2n) is 2.12. The molecule has 1 N–H and O–H groups in total. The highest BCUT2D eigenvalue weighted by Gasteiger charge is 2.02. The van der Waals surface area contributed by atoms with Gasteiger partial charge in [-0.2, -0.15) is 0 Å². The summed E-state index contributed by atoms with van der Waals surface area (Å²) in [4.78, 5) is 0. The van der Waals surface area contributed by atoms with Gasteiger partial charge in [0.1, 0.15) is 5.75 Å². The molecule has 3 heteroatoms. The summed E-state index contributed by atoms with van der Waals surface area (Å²) >= 11 is 0. The Labute approximate surface area is 70.9 Å². The lowest BCUT2D eigenvalue weighted by Gasteiger charge is -2.06. The van der Waals surface area contributed by atoms with Crippen LogP contribution >= 0.6 is 0 Å². The van der Waals surface area contributed by atoms with Gasteiger partial charge in [-0.05, 0) is 12.1 Å². The summed E-state index contributed by atoms with van der Waals surface area (Å²) in [6.07, 6.45) is 1.30. The first-order valence-corrected chi connectivity index (χ1v) is 3.42. The smallest absolute Gasteiger partial charge is 0.168 e. The fourth-order valence-electron chi connectivity index (χ4n) is 0.843. The summed E-state index contributed by atoms with van der Waals surface area (Å²) in [6.45, 7) is 3.41. The van der Waals surface area contributed by atoms with Gasteiger partial charge < -0.3 is 14.6 Å². The van der Waals surface area contributed by atoms with E-state index in [0.29, 0.717) is 11.5 Å². The molecule has 0 atom stereocenters. The molecule has 0 amide bonds. The highest BCUT2D eigenvalue weighted by atomic mass is 16.5. The van der Waals surface area contributed by atoms with Crippen molar-refractivity contribution in [3.8, 4) is 17.2 Å². The Morgan fingerprint density at radius 2 is 2.17 bits per heavy atom. The molecule has 0 heterocycles. The van der Waals surface area contributed by atoms with Gasteiger partial charge in [0.05, 0.1) is 13.4 Å². The number of benzene rings is 1. The molecular weight excluding hydrogens is 156 g/mol. The zero-order valence-corrected chi connectivity index (χ0v) is 6.78. The highest BCUT2D eigenvalue weighted by Crippen LogP contribution is 2.30. The summed E-state index contributed by atoms with van der Waals surface area (Å²) < 4.78 is 9.96. The van der Waals surface area contributed by atoms with Gasteiger partial charge in [0.2, 0.25) is 0 Å². The molecule has 64 valence electrons. The van der Waals surface area contributed by atoms with E-state index in [9.17, 15) is 0 Å². The van der Waals surface area contributed by atoms with Crippen molar-refractivity contribution in [3.63, 3.8) is 0 Å². The molecule has 0 fully saturated rings. The normalized spacial score (nSPS) is 9.08. The second kappa shape index (κ2) is 3.67. The van der Waals surface area contributed by atoms with E-state index in [1.54, 1.807) is 6.07 Å². The number of phenolic OH excluding ortho intramolecular Hbond substituents is 1. The summed E-state index contributed by atoms with van der Waals surface area (Å²) in [5, 5.41) is 9.08. The summed E-state index contributed by atoms with van der Waals surface area (Å²) in [7, 11) is 1.50. The Hall–Kier alpha value is -1.64. The minimum atomic E-state index is 0.142. The fourth-order valence-corrected chi connectivity index (χ4v) is 0.843. The molecule has 12 heavy (non-hydrogen) atoms. The van der Waals surface area contributed by atoms with Crippen molar-refractivity contribution >= 4 is 0 Å². The third kappa shape index (κ3) is 1.69. The van der Waals surface area contributed by atoms with Crippen molar-refractivity contribution in [2.45, 2.75) is 0 Å². The van der Waals surface area contributed by atoms with E-state index in [2.05, 4.69) is 6.58 Å². The van der Waals surface area contributed by atoms with Crippen LogP contribution in [0, 0.1) is 0 Å². The first-order valence-electron chi connectivity index (χ1n) is 3.42. The molecule has 0 radical (unpaired) electrons. The highest BCUT2D eigenvalue weighted by molar-refractivity contribution is 5.45. The third-order valence-corrected chi connectivity index (χ3v) is 1.36. The van der Waals surface area contributed by atoms with Crippen LogP contribution in [0.3, 0.4) is 0 Å². The van der Waals surface area contributed by atoms with Crippen LogP contribution in [0.1, 0.15) is 0 Å². The maximum Gasteiger partial charge on any atom is 0.168 e. The monoisotopic (exact) mass is 166 g/mol. The summed E-state index contributed by atoms with van der Waals surface area (Å²) in [5.41, 5.74) is 0. The molecule has 0 aliphatic heterocycles. The predicted octanol–water partition coefficient (Wildman–Crippen LogP) is 1.92. The number of aromatic hydroxyl groups is 1. The van der Waals surface area contributed by atoms with Crippen molar-refractivity contribution in [1.29, 1.82) is 0 Å². The van der Waals surface area contributed by atoms with Gasteiger partial charge in [-0.25, -0.2) is 0 Å². The van der Waals surface area contributed by atoms with E-state index in [0.717, 1.165) is 0 Å². The molecule has 0 aliphatic carbocycles. The number of hydrogen-bond acceptors (Lipinski definition) is 3. The van der Waals surface area contributed by atoms with Crippen molar-refractivity contribution in [2.24, 2.45) is 0 Å². The van der Waals surface area contributed by atoms with Gasteiger partial charge in [0.15, 0.2) is 11.5 Å². The SMILES string of the molecule is C=COc1ccc(O)cc1OC. The van der Waals surface area contributed by atoms with Gasteiger partial charge >= 0.3 is 0 Å². The van der Waals surface area contributed by atoms with Crippen LogP contribution < -0.4 is 9.47 Å². The molecule has 0 bridgehead atoms. The molecule has 3 nitrogen and oxygen atoms in total. The molecule has 0 spiro atoms. The van der Waals surface area contributed by atoms with Gasteiger partial charge in [0, 0.05) is 6.07 Å². The van der Waals surface area contributed by atoms with E-state index in [4.69, 9.17) is 14.6 Å². The fraction of sp³-hybridized carbons (Fsp3) is 0.111. The van der Waals surface area contributed by atoms with Gasteiger partial charge in [-0.15, -0.1) is 0 Å². The lowest BCUT2D eigenvalue weighted by atomic mass is 10.3. The Morgan fingerprint density at radius 1 is 1.42 bits per heavy atom. The summed E-state index contributed by atoms with van der Waals surface area (Å²) in [6, 6.07) is 4.59. The second-order valence-corrected chi connectivity index (χ2v) is 2.12. The van der Waals surface area contributed by atoms with Crippen molar-refractivity contribution in [3.05, 3.63) is 31.0 Å². The topological polar surface area (TPSA) is 38.7 Å². The van der Waals surface area contributed by atoms with Gasteiger partial charge in [0.25, 0.3) is 0 Å². The number of rotatable bonds is 3. The molecule has 0 aliphatic rings. The molecule has 1 rings (SSSR count). The first-order chi connectivity index (χ1) is 5.77. The number of methoxy groups -OCH3 is 1. The third-order valence-electron chi connectivity index (χ3n) is 1.36. The largest absolute Gasteiger partial charge is 0.508 e. The van der Waals surface area contributed by atoms with Gasteiger partial charge in [-0.3, -0.25) is 0 Å². The van der Waals surface area contributed by atoms with Crippen LogP contribution in [0.25, 0.3) is 0 Å². The van der Waals surface area contributed by atoms with Crippen LogP contribution in [0.5, 0.6) is 17.2 Å². The van der Waals surface area contributed by atoms with E-state index in [1.165, 1.54) is 25.5 Å². The number of hydrogen-bond donors (Lipinski definition) is 1. The van der Waals surface area contributed by atoms with E-state index < -0.39 is 0 Å². The average molecular weight is 166 g/mol. The Kier molecular flexibility index (Phi) is 2.58. The molecule has 0 saturated heterocycles. The lowest BCUT2D eigenvalue weighted by molar-refractivity contribution is 0.373. The first kappa shape index (κ1) is 8.46. The molecule has 1 aromatic rings. The molecular formula is C9H10O3. The van der Waals surface area contributed by atoms with Crippen LogP contribution in [0.2, 0.25) is 0 Å². The lowest BCUT2D eigenvalue weighted by Crippen LogP contribution is -1.88. The van der Waals surface area contributed by atoms with Crippen LogP contribution in [0.15, 0.2) is 31.0 Å². The van der Waals surface area contributed by atoms with E-state index >= 15 is 0 Å². The van der Waals surface area contributed by atoms with Crippen LogP contribution in [-0.2, 0) is 0 Å². The maximum atomic E-state index is 9.08. The molecule has 0 saturated carbocycles. The Bertz CT molecular complexity index is 281. The Morgan fingerprint density at radius 3 is 2.75 bits per heavy atom. The standard InChI is InChI=1S/C9H10O3/c1-3-12-8-5-4-7(10)6-9(8)11-2/h3-6,10H,1H2,2H3. The zero-order chi connectivity index (χ0) is 8.97. The molecule has 0 aromatic heterocycles. The maximum absolute atomic E-state index is 9.08. The quantitative estimate of drug-likeness (QED) is 0.697. The van der Waals surface area contributed by atoms with Crippen molar-refractivity contribution in [2.75, 3.05) is 7.11 Å². The van der Waals surface area contributed by atoms with Crippen molar-refractivity contribution < 1.29 is 14.6 Å². The van der Waals surface area contributed by atoms with Crippen LogP contribution in [-0.4, -0.2) is 12.2 Å².